The van der Waals surface area contributed by atoms with Crippen LogP contribution in [0.2, 0.25) is 0 Å². The van der Waals surface area contributed by atoms with E-state index in [4.69, 9.17) is 26.1 Å². The minimum absolute atomic E-state index is 0.179. The Hall–Kier alpha value is -3.78. The highest BCUT2D eigenvalue weighted by molar-refractivity contribution is 7.80. The maximum atomic E-state index is 12.9. The molecule has 0 bridgehead atoms. The van der Waals surface area contributed by atoms with Gasteiger partial charge >= 0.3 is 0 Å². The normalized spacial score (nSPS) is 12.2. The number of ether oxygens (including phenoxy) is 2. The predicted octanol–water partition coefficient (Wildman–Crippen LogP) is 4.87. The van der Waals surface area contributed by atoms with Crippen LogP contribution in [0, 0.1) is 13.8 Å². The lowest BCUT2D eigenvalue weighted by atomic mass is 10.1. The molecule has 7 nitrogen and oxygen atoms in total. The van der Waals surface area contributed by atoms with Gasteiger partial charge in [0.15, 0.2) is 16.6 Å². The number of fused-ring (bicyclic) bond motifs is 2. The Kier molecular flexibility index (Phi) is 5.51. The van der Waals surface area contributed by atoms with Gasteiger partial charge in [-0.1, -0.05) is 17.7 Å². The van der Waals surface area contributed by atoms with Gasteiger partial charge in [-0.3, -0.25) is 4.79 Å². The van der Waals surface area contributed by atoms with Crippen LogP contribution in [0.25, 0.3) is 10.9 Å². The number of pyridine rings is 1. The molecular weight excluding hydrogens is 438 g/mol. The number of rotatable bonds is 5. The number of furan rings is 1. The quantitative estimate of drug-likeness (QED) is 0.411. The van der Waals surface area contributed by atoms with Gasteiger partial charge in [0, 0.05) is 22.7 Å². The summed E-state index contributed by atoms with van der Waals surface area (Å²) in [5, 5.41) is 4.69. The van der Waals surface area contributed by atoms with Gasteiger partial charge < -0.3 is 29.1 Å². The smallest absolute Gasteiger partial charge is 0.253 e. The highest BCUT2D eigenvalue weighted by Gasteiger charge is 2.18. The number of anilines is 1. The molecule has 168 valence electrons. The number of aromatic nitrogens is 1. The molecule has 0 radical (unpaired) electrons. The van der Waals surface area contributed by atoms with Gasteiger partial charge in [-0.25, -0.2) is 0 Å². The fraction of sp³-hybridized carbons (Fsp3) is 0.200. The van der Waals surface area contributed by atoms with E-state index in [1.165, 1.54) is 5.56 Å². The van der Waals surface area contributed by atoms with Gasteiger partial charge in [0.25, 0.3) is 5.56 Å². The minimum atomic E-state index is -0.180. The molecule has 4 aromatic rings. The number of H-pyrrole nitrogens is 1. The molecule has 33 heavy (non-hydrogen) atoms. The molecule has 2 aromatic carbocycles. The molecule has 3 heterocycles. The van der Waals surface area contributed by atoms with E-state index in [0.717, 1.165) is 22.4 Å². The van der Waals surface area contributed by atoms with Gasteiger partial charge in [0.2, 0.25) is 6.79 Å². The van der Waals surface area contributed by atoms with Gasteiger partial charge in [0.1, 0.15) is 5.76 Å². The number of aryl methyl sites for hydroxylation is 2. The average molecular weight is 462 g/mol. The van der Waals surface area contributed by atoms with Crippen molar-refractivity contribution >= 4 is 33.9 Å². The van der Waals surface area contributed by atoms with E-state index in [2.05, 4.69) is 23.3 Å². The lowest BCUT2D eigenvalue weighted by molar-refractivity contribution is 0.174. The summed E-state index contributed by atoms with van der Waals surface area (Å²) in [5.74, 6) is 2.05. The van der Waals surface area contributed by atoms with Gasteiger partial charge in [-0.2, -0.15) is 0 Å². The Balaban J connectivity index is 1.46. The molecule has 0 fully saturated rings. The van der Waals surface area contributed by atoms with Crippen LogP contribution in [0.15, 0.2) is 64.0 Å². The van der Waals surface area contributed by atoms with Crippen molar-refractivity contribution in [1.29, 1.82) is 0 Å². The van der Waals surface area contributed by atoms with Crippen LogP contribution in [-0.4, -0.2) is 21.8 Å². The molecule has 5 rings (SSSR count). The van der Waals surface area contributed by atoms with Crippen molar-refractivity contribution in [3.63, 3.8) is 0 Å². The average Bonchev–Trinajstić information content (AvgIpc) is 3.45. The third kappa shape index (κ3) is 4.42. The largest absolute Gasteiger partial charge is 0.467 e. The highest BCUT2D eigenvalue weighted by Crippen LogP contribution is 2.35. The van der Waals surface area contributed by atoms with Crippen molar-refractivity contribution in [2.75, 3.05) is 12.1 Å². The predicted molar refractivity (Wildman–Crippen MR) is 131 cm³/mol. The number of hydrogen-bond acceptors (Lipinski definition) is 5. The fourth-order valence-electron chi connectivity index (χ4n) is 3.90. The van der Waals surface area contributed by atoms with Crippen molar-refractivity contribution in [2.45, 2.75) is 26.9 Å². The summed E-state index contributed by atoms with van der Waals surface area (Å²) in [5.41, 5.74) is 4.30. The standard InChI is InChI=1S/C25H23N3O4S/c1-15-5-6-20(16(2)8-15)27-25(33)28(13-19-4-3-7-30-19)12-18-9-17-10-22-23(32-14-31-22)11-21(17)26-24(18)29/h3-11H,12-14H2,1-2H3,(H,26,29)(H,27,33). The van der Waals surface area contributed by atoms with Crippen LogP contribution in [0.3, 0.4) is 0 Å². The summed E-state index contributed by atoms with van der Waals surface area (Å²) < 4.78 is 16.4. The summed E-state index contributed by atoms with van der Waals surface area (Å²) in [4.78, 5) is 17.8. The minimum Gasteiger partial charge on any atom is -0.467 e. The zero-order valence-electron chi connectivity index (χ0n) is 18.3. The summed E-state index contributed by atoms with van der Waals surface area (Å²) in [7, 11) is 0. The number of hydrogen-bond donors (Lipinski definition) is 2. The Labute approximate surface area is 195 Å². The number of thiocarbonyl (C=S) groups is 1. The monoisotopic (exact) mass is 461 g/mol. The summed E-state index contributed by atoms with van der Waals surface area (Å²) >= 11 is 5.75. The van der Waals surface area contributed by atoms with Crippen LogP contribution in [0.5, 0.6) is 11.5 Å². The van der Waals surface area contributed by atoms with Crippen LogP contribution >= 0.6 is 12.2 Å². The van der Waals surface area contributed by atoms with Crippen LogP contribution < -0.4 is 20.3 Å². The van der Waals surface area contributed by atoms with E-state index in [9.17, 15) is 4.79 Å². The van der Waals surface area contributed by atoms with E-state index in [1.807, 2.05) is 48.2 Å². The zero-order chi connectivity index (χ0) is 22.9. The maximum absolute atomic E-state index is 12.9. The van der Waals surface area contributed by atoms with E-state index >= 15 is 0 Å². The first kappa shape index (κ1) is 21.1. The molecule has 0 atom stereocenters. The summed E-state index contributed by atoms with van der Waals surface area (Å²) in [6, 6.07) is 15.4. The zero-order valence-corrected chi connectivity index (χ0v) is 19.1. The summed E-state index contributed by atoms with van der Waals surface area (Å²) in [6.45, 7) is 4.99. The Morgan fingerprint density at radius 1 is 1.09 bits per heavy atom. The molecule has 0 amide bonds. The molecule has 0 saturated heterocycles. The molecular formula is C25H23N3O4S. The lowest BCUT2D eigenvalue weighted by Gasteiger charge is -2.25. The Bertz CT molecular complexity index is 1400. The number of nitrogens with one attached hydrogen (secondary N) is 2. The van der Waals surface area contributed by atoms with Crippen LogP contribution in [0.4, 0.5) is 5.69 Å². The van der Waals surface area contributed by atoms with Crippen LogP contribution in [-0.2, 0) is 13.1 Å². The second kappa shape index (κ2) is 8.63. The van der Waals surface area contributed by atoms with Gasteiger partial charge in [0.05, 0.1) is 24.9 Å². The van der Waals surface area contributed by atoms with E-state index in [0.29, 0.717) is 40.8 Å². The molecule has 0 unspecified atom stereocenters. The Morgan fingerprint density at radius 3 is 2.67 bits per heavy atom. The topological polar surface area (TPSA) is 79.7 Å². The number of benzene rings is 2. The second-order valence-corrected chi connectivity index (χ2v) is 8.49. The highest BCUT2D eigenvalue weighted by atomic mass is 32.1. The number of nitrogens with zero attached hydrogens (tertiary/aromatic N) is 1. The summed E-state index contributed by atoms with van der Waals surface area (Å²) in [6.07, 6.45) is 1.62. The number of aromatic amines is 1. The molecule has 1 aliphatic heterocycles. The van der Waals surface area contributed by atoms with E-state index < -0.39 is 0 Å². The third-order valence-electron chi connectivity index (χ3n) is 5.61. The lowest BCUT2D eigenvalue weighted by Crippen LogP contribution is -2.35. The molecule has 2 N–H and O–H groups in total. The first-order valence-corrected chi connectivity index (χ1v) is 11.0. The van der Waals surface area contributed by atoms with Gasteiger partial charge in [-0.05, 0) is 62.0 Å². The van der Waals surface area contributed by atoms with E-state index in [1.54, 1.807) is 12.3 Å². The van der Waals surface area contributed by atoms with Crippen molar-refractivity contribution in [3.8, 4) is 11.5 Å². The van der Waals surface area contributed by atoms with Crippen molar-refractivity contribution in [2.24, 2.45) is 0 Å². The second-order valence-electron chi connectivity index (χ2n) is 8.10. The third-order valence-corrected chi connectivity index (χ3v) is 5.97. The SMILES string of the molecule is Cc1ccc(NC(=S)N(Cc2ccco2)Cc2cc3cc4c(cc3[nH]c2=O)OCO4)c(C)c1. The van der Waals surface area contributed by atoms with E-state index in [-0.39, 0.29) is 12.4 Å². The molecule has 2 aromatic heterocycles. The van der Waals surface area contributed by atoms with Crippen molar-refractivity contribution < 1.29 is 13.9 Å². The van der Waals surface area contributed by atoms with Crippen LogP contribution in [0.1, 0.15) is 22.5 Å². The van der Waals surface area contributed by atoms with Crippen molar-refractivity contribution in [1.82, 2.24) is 9.88 Å². The molecule has 8 heteroatoms. The molecule has 1 aliphatic rings. The first-order valence-electron chi connectivity index (χ1n) is 10.6. The molecule has 0 saturated carbocycles. The maximum Gasteiger partial charge on any atom is 0.253 e. The molecule has 0 aliphatic carbocycles. The first-order chi connectivity index (χ1) is 16.0. The Morgan fingerprint density at radius 2 is 1.91 bits per heavy atom. The fourth-order valence-corrected chi connectivity index (χ4v) is 4.14. The molecule has 0 spiro atoms. The van der Waals surface area contributed by atoms with Gasteiger partial charge in [-0.15, -0.1) is 0 Å². The van der Waals surface area contributed by atoms with Crippen molar-refractivity contribution in [3.05, 3.63) is 87.6 Å².